The molecule has 2 aromatic rings. The molecule has 0 spiro atoms. The molecule has 0 heterocycles. The molecule has 2 aromatic carbocycles. The average Bonchev–Trinajstić information content (AvgIpc) is 2.37. The number of hydrogen-bond donors (Lipinski definition) is 1. The SMILES string of the molecule is Nc1cc(Cl)c(Cl)cc1N=Cc1cc(Cl)cc(Cl)c1[O-]. The number of anilines is 1. The number of rotatable bonds is 2. The minimum Gasteiger partial charge on any atom is -0.871 e. The summed E-state index contributed by atoms with van der Waals surface area (Å²) in [5.41, 5.74) is 6.76. The van der Waals surface area contributed by atoms with Gasteiger partial charge in [-0.3, -0.25) is 4.99 Å². The zero-order valence-corrected chi connectivity index (χ0v) is 12.9. The maximum atomic E-state index is 11.8. The van der Waals surface area contributed by atoms with Gasteiger partial charge < -0.3 is 10.8 Å². The van der Waals surface area contributed by atoms with Crippen LogP contribution >= 0.6 is 46.4 Å². The highest BCUT2D eigenvalue weighted by molar-refractivity contribution is 6.42. The van der Waals surface area contributed by atoms with E-state index in [9.17, 15) is 5.11 Å². The predicted octanol–water partition coefficient (Wildman–Crippen LogP) is 4.71. The van der Waals surface area contributed by atoms with E-state index in [0.29, 0.717) is 26.4 Å². The molecule has 0 aliphatic heterocycles. The van der Waals surface area contributed by atoms with Crippen molar-refractivity contribution < 1.29 is 5.11 Å². The van der Waals surface area contributed by atoms with Crippen LogP contribution in [0.3, 0.4) is 0 Å². The minimum atomic E-state index is -0.363. The number of nitrogen functional groups attached to an aromatic ring is 1. The van der Waals surface area contributed by atoms with Gasteiger partial charge in [0.2, 0.25) is 0 Å². The quantitative estimate of drug-likeness (QED) is 0.631. The Balaban J connectivity index is 2.42. The van der Waals surface area contributed by atoms with Crippen molar-refractivity contribution in [3.63, 3.8) is 0 Å². The van der Waals surface area contributed by atoms with E-state index in [0.717, 1.165) is 0 Å². The third-order valence-corrected chi connectivity index (χ3v) is 3.67. The summed E-state index contributed by atoms with van der Waals surface area (Å²) in [7, 11) is 0. The van der Waals surface area contributed by atoms with Gasteiger partial charge in [0, 0.05) is 16.3 Å². The highest BCUT2D eigenvalue weighted by Crippen LogP contribution is 2.33. The molecule has 0 saturated carbocycles. The fraction of sp³-hybridized carbons (Fsp3) is 0. The molecule has 3 nitrogen and oxygen atoms in total. The van der Waals surface area contributed by atoms with Gasteiger partial charge in [-0.15, -0.1) is 0 Å². The molecule has 0 amide bonds. The van der Waals surface area contributed by atoms with Crippen LogP contribution in [-0.4, -0.2) is 6.21 Å². The minimum absolute atomic E-state index is 0.0288. The maximum Gasteiger partial charge on any atom is 0.0875 e. The lowest BCUT2D eigenvalue weighted by atomic mass is 10.2. The molecule has 0 unspecified atom stereocenters. The van der Waals surface area contributed by atoms with Crippen LogP contribution in [0, 0.1) is 0 Å². The van der Waals surface area contributed by atoms with E-state index in [2.05, 4.69) is 4.99 Å². The van der Waals surface area contributed by atoms with Crippen molar-refractivity contribution in [3.8, 4) is 5.75 Å². The van der Waals surface area contributed by atoms with Crippen LogP contribution in [0.1, 0.15) is 5.56 Å². The van der Waals surface area contributed by atoms with Crippen molar-refractivity contribution in [1.29, 1.82) is 0 Å². The lowest BCUT2D eigenvalue weighted by Gasteiger charge is -2.12. The van der Waals surface area contributed by atoms with Gasteiger partial charge in [-0.1, -0.05) is 52.2 Å². The summed E-state index contributed by atoms with van der Waals surface area (Å²) < 4.78 is 0. The molecule has 20 heavy (non-hydrogen) atoms. The van der Waals surface area contributed by atoms with Gasteiger partial charge in [0.25, 0.3) is 0 Å². The van der Waals surface area contributed by atoms with E-state index in [1.54, 1.807) is 0 Å². The molecule has 0 saturated heterocycles. The first-order chi connectivity index (χ1) is 9.38. The lowest BCUT2D eigenvalue weighted by Crippen LogP contribution is -1.97. The maximum absolute atomic E-state index is 11.8. The molecule has 2 rings (SSSR count). The predicted molar refractivity (Wildman–Crippen MR) is 84.0 cm³/mol. The first-order valence-corrected chi connectivity index (χ1v) is 6.84. The van der Waals surface area contributed by atoms with Crippen LogP contribution in [0.2, 0.25) is 20.1 Å². The average molecular weight is 349 g/mol. The van der Waals surface area contributed by atoms with E-state index >= 15 is 0 Å². The monoisotopic (exact) mass is 347 g/mol. The number of nitrogens with two attached hydrogens (primary N) is 1. The third kappa shape index (κ3) is 3.30. The van der Waals surface area contributed by atoms with E-state index in [1.807, 2.05) is 0 Å². The second-order valence-corrected chi connectivity index (χ2v) is 5.55. The number of benzene rings is 2. The molecule has 0 radical (unpaired) electrons. The topological polar surface area (TPSA) is 61.4 Å². The Morgan fingerprint density at radius 1 is 0.950 bits per heavy atom. The number of halogens is 4. The van der Waals surface area contributed by atoms with Gasteiger partial charge in [-0.2, -0.15) is 0 Å². The number of aliphatic imine (C=N–C) groups is 1. The Morgan fingerprint density at radius 3 is 2.30 bits per heavy atom. The molecule has 0 bridgehead atoms. The largest absolute Gasteiger partial charge is 0.871 e. The van der Waals surface area contributed by atoms with Gasteiger partial charge in [0.05, 0.1) is 21.4 Å². The summed E-state index contributed by atoms with van der Waals surface area (Å²) in [4.78, 5) is 4.11. The van der Waals surface area contributed by atoms with E-state index in [1.165, 1.54) is 30.5 Å². The van der Waals surface area contributed by atoms with Crippen molar-refractivity contribution in [2.75, 3.05) is 5.73 Å². The summed E-state index contributed by atoms with van der Waals surface area (Å²) in [6.07, 6.45) is 1.33. The second-order valence-electron chi connectivity index (χ2n) is 3.89. The molecule has 2 N–H and O–H groups in total. The second kappa shape index (κ2) is 6.10. The Bertz CT molecular complexity index is 701. The van der Waals surface area contributed by atoms with Crippen LogP contribution in [0.4, 0.5) is 11.4 Å². The zero-order chi connectivity index (χ0) is 14.9. The van der Waals surface area contributed by atoms with Gasteiger partial charge in [-0.05, 0) is 29.8 Å². The summed E-state index contributed by atoms with van der Waals surface area (Å²) in [5, 5.41) is 12.8. The lowest BCUT2D eigenvalue weighted by molar-refractivity contribution is -0.268. The van der Waals surface area contributed by atoms with Crippen LogP contribution in [0.15, 0.2) is 29.3 Å². The Kier molecular flexibility index (Phi) is 4.66. The summed E-state index contributed by atoms with van der Waals surface area (Å²) in [6.45, 7) is 0. The third-order valence-electron chi connectivity index (χ3n) is 2.45. The molecule has 0 aliphatic carbocycles. The van der Waals surface area contributed by atoms with Crippen molar-refractivity contribution in [1.82, 2.24) is 0 Å². The smallest absolute Gasteiger partial charge is 0.0875 e. The fourth-order valence-electron chi connectivity index (χ4n) is 1.48. The van der Waals surface area contributed by atoms with Crippen molar-refractivity contribution in [2.24, 2.45) is 4.99 Å². The van der Waals surface area contributed by atoms with Crippen molar-refractivity contribution >= 4 is 64.0 Å². The molecule has 0 atom stereocenters. The van der Waals surface area contributed by atoms with Gasteiger partial charge in [0.15, 0.2) is 0 Å². The fourth-order valence-corrected chi connectivity index (χ4v) is 2.32. The van der Waals surface area contributed by atoms with E-state index in [4.69, 9.17) is 52.1 Å². The van der Waals surface area contributed by atoms with Crippen molar-refractivity contribution in [3.05, 3.63) is 49.9 Å². The highest BCUT2D eigenvalue weighted by atomic mass is 35.5. The van der Waals surface area contributed by atoms with E-state index in [-0.39, 0.29) is 16.3 Å². The number of hydrogen-bond acceptors (Lipinski definition) is 3. The molecule has 0 aromatic heterocycles. The van der Waals surface area contributed by atoms with Crippen LogP contribution in [0.5, 0.6) is 5.75 Å². The molecular weight excluding hydrogens is 342 g/mol. The zero-order valence-electron chi connectivity index (χ0n) is 9.83. The Hall–Kier alpha value is -1.13. The highest BCUT2D eigenvalue weighted by Gasteiger charge is 2.04. The van der Waals surface area contributed by atoms with Crippen LogP contribution in [0.25, 0.3) is 0 Å². The summed E-state index contributed by atoms with van der Waals surface area (Å²) >= 11 is 23.3. The molecular formula is C13H7Cl4N2O-. The molecule has 0 aliphatic rings. The number of nitrogens with zero attached hydrogens (tertiary/aromatic N) is 1. The van der Waals surface area contributed by atoms with Crippen LogP contribution < -0.4 is 10.8 Å². The first-order valence-electron chi connectivity index (χ1n) is 5.33. The molecule has 104 valence electrons. The van der Waals surface area contributed by atoms with Gasteiger partial charge >= 0.3 is 0 Å². The van der Waals surface area contributed by atoms with Crippen LogP contribution in [-0.2, 0) is 0 Å². The van der Waals surface area contributed by atoms with Gasteiger partial charge in [-0.25, -0.2) is 0 Å². The molecule has 7 heteroatoms. The van der Waals surface area contributed by atoms with E-state index < -0.39 is 0 Å². The molecule has 0 fully saturated rings. The Morgan fingerprint density at radius 2 is 1.60 bits per heavy atom. The standard InChI is InChI=1S/C13H8Cl4N2O/c14-7-1-6(13(20)10(17)2-7)5-19-12-4-9(16)8(15)3-11(12)18/h1-5,20H,18H2/p-1. The summed E-state index contributed by atoms with van der Waals surface area (Å²) in [6, 6.07) is 5.83. The summed E-state index contributed by atoms with van der Waals surface area (Å²) in [5.74, 6) is -0.363. The van der Waals surface area contributed by atoms with Crippen molar-refractivity contribution in [2.45, 2.75) is 0 Å². The Labute approximate surface area is 135 Å². The first kappa shape index (κ1) is 15.3. The van der Waals surface area contributed by atoms with Gasteiger partial charge in [0.1, 0.15) is 0 Å². The normalized spacial score (nSPS) is 11.2.